The fourth-order valence-corrected chi connectivity index (χ4v) is 4.56. The molecule has 0 saturated carbocycles. The second-order valence-corrected chi connectivity index (χ2v) is 11.3. The molecule has 0 saturated heterocycles. The van der Waals surface area contributed by atoms with E-state index in [1.807, 2.05) is 53.7 Å². The fraction of sp³-hybridized carbons (Fsp3) is 0.346. The van der Waals surface area contributed by atoms with E-state index in [2.05, 4.69) is 20.0 Å². The van der Waals surface area contributed by atoms with Crippen LogP contribution in [0.2, 0.25) is 0 Å². The number of aromatic nitrogens is 2. The number of nitrogens with one attached hydrogen (secondary N) is 2. The van der Waals surface area contributed by atoms with Crippen molar-refractivity contribution >= 4 is 21.7 Å². The van der Waals surface area contributed by atoms with E-state index in [1.165, 1.54) is 18.2 Å². The Morgan fingerprint density at radius 3 is 2.33 bits per heavy atom. The second kappa shape index (κ2) is 10.6. The maximum absolute atomic E-state index is 13.2. The van der Waals surface area contributed by atoms with Crippen molar-refractivity contribution in [1.29, 1.82) is 0 Å². The Labute approximate surface area is 218 Å². The van der Waals surface area contributed by atoms with Gasteiger partial charge in [-0.2, -0.15) is 8.42 Å². The van der Waals surface area contributed by atoms with Gasteiger partial charge in [-0.3, -0.25) is 4.79 Å². The van der Waals surface area contributed by atoms with Gasteiger partial charge in [0.1, 0.15) is 17.1 Å². The van der Waals surface area contributed by atoms with Crippen molar-refractivity contribution in [2.45, 2.75) is 52.0 Å². The molecule has 0 radical (unpaired) electrons. The Balaban J connectivity index is 0. The molecule has 0 aliphatic heterocycles. The predicted octanol–water partition coefficient (Wildman–Crippen LogP) is 4.96. The number of amides is 1. The number of carbonyl (C=O) groups is 1. The third-order valence-corrected chi connectivity index (χ3v) is 6.59. The molecule has 0 unspecified atom stereocenters. The zero-order valence-corrected chi connectivity index (χ0v) is 22.3. The number of rotatable bonds is 8. The molecule has 2 heterocycles. The number of sulfonamides is 1. The highest BCUT2D eigenvalue weighted by Gasteiger charge is 2.26. The highest BCUT2D eigenvalue weighted by atomic mass is 32.2. The zero-order valence-electron chi connectivity index (χ0n) is 21.5. The molecule has 2 aromatic heterocycles. The molecular formula is C26H41N5O4S. The third-order valence-electron chi connectivity index (χ3n) is 5.35. The van der Waals surface area contributed by atoms with Crippen LogP contribution >= 0.6 is 0 Å². The summed E-state index contributed by atoms with van der Waals surface area (Å²) in [4.78, 5) is 21.9. The van der Waals surface area contributed by atoms with Gasteiger partial charge in [0.25, 0.3) is 15.9 Å². The number of aryl methyl sites for hydroxylation is 3. The summed E-state index contributed by atoms with van der Waals surface area (Å²) in [5.74, 6) is 0.0525. The van der Waals surface area contributed by atoms with Gasteiger partial charge in [-0.15, -0.1) is 0 Å². The van der Waals surface area contributed by atoms with E-state index >= 15 is 0 Å². The van der Waals surface area contributed by atoms with Crippen molar-refractivity contribution in [3.63, 3.8) is 0 Å². The standard InChI is InChI=1S/C26H33N5O4S.4H2/c1-16-14-17(2)23(18(3)15-16)35-25-19(10-11-20(29-25)26(4,5)6)24(32)31-36(33,34)22-9-7-8-21(30-22)28-13-12-27;;;;/h7-11,14-15H,12-13,27H2,1-6H3,(H,28,30)(H,31,32);4*1H. The van der Waals surface area contributed by atoms with Crippen molar-refractivity contribution in [3.05, 3.63) is 70.4 Å². The molecule has 0 spiro atoms. The summed E-state index contributed by atoms with van der Waals surface area (Å²) in [6.07, 6.45) is 0. The molecule has 9 nitrogen and oxygen atoms in total. The number of carbonyl (C=O) groups excluding carboxylic acids is 1. The topological polar surface area (TPSA) is 136 Å². The maximum Gasteiger partial charge on any atom is 0.281 e. The molecule has 0 fully saturated rings. The molecule has 3 aromatic rings. The number of nitrogens with two attached hydrogens (primary N) is 1. The normalized spacial score (nSPS) is 11.8. The Kier molecular flexibility index (Phi) is 8.00. The summed E-state index contributed by atoms with van der Waals surface area (Å²) in [7, 11) is -4.27. The highest BCUT2D eigenvalue weighted by molar-refractivity contribution is 7.90. The number of benzene rings is 1. The molecule has 1 aromatic carbocycles. The maximum atomic E-state index is 13.2. The number of pyridine rings is 2. The van der Waals surface area contributed by atoms with Crippen molar-refractivity contribution in [3.8, 4) is 11.6 Å². The average molecular weight is 520 g/mol. The summed E-state index contributed by atoms with van der Waals surface area (Å²) in [6, 6.07) is 11.6. The molecule has 36 heavy (non-hydrogen) atoms. The van der Waals surface area contributed by atoms with Gasteiger partial charge >= 0.3 is 0 Å². The van der Waals surface area contributed by atoms with Crippen LogP contribution in [0.15, 0.2) is 47.5 Å². The van der Waals surface area contributed by atoms with Gasteiger partial charge in [0, 0.05) is 29.9 Å². The summed E-state index contributed by atoms with van der Waals surface area (Å²) in [6.45, 7) is 12.5. The number of nitrogens with zero attached hydrogens (tertiary/aromatic N) is 2. The summed E-state index contributed by atoms with van der Waals surface area (Å²) in [5, 5.41) is 2.62. The molecule has 10 heteroatoms. The molecule has 3 rings (SSSR count). The lowest BCUT2D eigenvalue weighted by Crippen LogP contribution is -2.32. The lowest BCUT2D eigenvalue weighted by atomic mass is 9.91. The highest BCUT2D eigenvalue weighted by Crippen LogP contribution is 2.33. The molecule has 200 valence electrons. The summed E-state index contributed by atoms with van der Waals surface area (Å²) >= 11 is 0. The fourth-order valence-electron chi connectivity index (χ4n) is 3.63. The van der Waals surface area contributed by atoms with E-state index in [1.54, 1.807) is 12.1 Å². The summed E-state index contributed by atoms with van der Waals surface area (Å²) < 4.78 is 34.2. The molecule has 1 amide bonds. The molecule has 0 aliphatic rings. The quantitative estimate of drug-likeness (QED) is 0.380. The van der Waals surface area contributed by atoms with Crippen LogP contribution in [-0.2, 0) is 15.4 Å². The van der Waals surface area contributed by atoms with Gasteiger partial charge in [-0.25, -0.2) is 14.7 Å². The first-order valence-corrected chi connectivity index (χ1v) is 13.1. The van der Waals surface area contributed by atoms with Gasteiger partial charge < -0.3 is 15.8 Å². The number of ether oxygens (including phenoxy) is 1. The van der Waals surface area contributed by atoms with Crippen molar-refractivity contribution < 1.29 is 23.7 Å². The Hall–Kier alpha value is -3.50. The SMILES string of the molecule is Cc1cc(C)c(Oc2nc(C(C)(C)C)ccc2C(=O)NS(=O)(=O)c2cccc(NCCN)n2)c(C)c1.[HH].[HH].[HH].[HH]. The van der Waals surface area contributed by atoms with Crippen LogP contribution in [0.1, 0.15) is 59.2 Å². The smallest absolute Gasteiger partial charge is 0.281 e. The van der Waals surface area contributed by atoms with Gasteiger partial charge in [-0.05, 0) is 56.2 Å². The molecule has 0 atom stereocenters. The minimum absolute atomic E-state index is 0. The zero-order chi connectivity index (χ0) is 26.7. The van der Waals surface area contributed by atoms with E-state index in [-0.39, 0.29) is 27.6 Å². The average Bonchev–Trinajstić information content (AvgIpc) is 2.79. The lowest BCUT2D eigenvalue weighted by Gasteiger charge is -2.21. The molecule has 4 N–H and O–H groups in total. The van der Waals surface area contributed by atoms with E-state index in [0.29, 0.717) is 30.4 Å². The van der Waals surface area contributed by atoms with Crippen molar-refractivity contribution in [2.24, 2.45) is 5.73 Å². The van der Waals surface area contributed by atoms with Crippen LogP contribution in [0, 0.1) is 20.8 Å². The Morgan fingerprint density at radius 1 is 1.06 bits per heavy atom. The Bertz CT molecular complexity index is 1380. The molecule has 0 aliphatic carbocycles. The summed E-state index contributed by atoms with van der Waals surface area (Å²) in [5.41, 5.74) is 8.67. The monoisotopic (exact) mass is 519 g/mol. The van der Waals surface area contributed by atoms with Gasteiger partial charge in [-0.1, -0.05) is 44.5 Å². The van der Waals surface area contributed by atoms with E-state index in [4.69, 9.17) is 10.5 Å². The van der Waals surface area contributed by atoms with Crippen LogP contribution in [0.5, 0.6) is 11.6 Å². The molecular weight excluding hydrogens is 478 g/mol. The predicted molar refractivity (Wildman–Crippen MR) is 149 cm³/mol. The molecule has 0 bridgehead atoms. The number of hydrogen-bond acceptors (Lipinski definition) is 8. The lowest BCUT2D eigenvalue weighted by molar-refractivity contribution is 0.0978. The van der Waals surface area contributed by atoms with Crippen LogP contribution < -0.4 is 20.5 Å². The number of hydrogen-bond donors (Lipinski definition) is 3. The van der Waals surface area contributed by atoms with Gasteiger partial charge in [0.2, 0.25) is 5.88 Å². The first-order valence-electron chi connectivity index (χ1n) is 11.6. The van der Waals surface area contributed by atoms with Crippen molar-refractivity contribution in [2.75, 3.05) is 18.4 Å². The van der Waals surface area contributed by atoms with Gasteiger partial charge in [0.05, 0.1) is 0 Å². The van der Waals surface area contributed by atoms with Crippen LogP contribution in [0.25, 0.3) is 0 Å². The van der Waals surface area contributed by atoms with Crippen LogP contribution in [0.4, 0.5) is 5.82 Å². The third kappa shape index (κ3) is 6.38. The van der Waals surface area contributed by atoms with E-state index in [9.17, 15) is 13.2 Å². The number of anilines is 1. The van der Waals surface area contributed by atoms with Crippen LogP contribution in [-0.4, -0.2) is 37.4 Å². The minimum Gasteiger partial charge on any atom is -0.438 e. The van der Waals surface area contributed by atoms with Gasteiger partial charge in [0.15, 0.2) is 5.03 Å². The Morgan fingerprint density at radius 2 is 1.72 bits per heavy atom. The van der Waals surface area contributed by atoms with E-state index < -0.39 is 15.9 Å². The minimum atomic E-state index is -4.27. The first kappa shape index (κ1) is 27.1. The first-order chi connectivity index (χ1) is 16.8. The largest absolute Gasteiger partial charge is 0.438 e. The van der Waals surface area contributed by atoms with Crippen molar-refractivity contribution in [1.82, 2.24) is 14.7 Å². The second-order valence-electron chi connectivity index (χ2n) is 9.64. The van der Waals surface area contributed by atoms with Crippen LogP contribution in [0.3, 0.4) is 0 Å². The van der Waals surface area contributed by atoms with E-state index in [0.717, 1.165) is 16.7 Å².